The number of phenols is 1. The van der Waals surface area contributed by atoms with Crippen LogP contribution in [0.5, 0.6) is 5.75 Å². The van der Waals surface area contributed by atoms with Gasteiger partial charge in [0.1, 0.15) is 10.8 Å². The van der Waals surface area contributed by atoms with Crippen molar-refractivity contribution in [3.63, 3.8) is 0 Å². The van der Waals surface area contributed by atoms with Crippen molar-refractivity contribution in [2.45, 2.75) is 12.8 Å². The summed E-state index contributed by atoms with van der Waals surface area (Å²) >= 11 is 1.63. The van der Waals surface area contributed by atoms with Crippen molar-refractivity contribution >= 4 is 27.6 Å². The van der Waals surface area contributed by atoms with Gasteiger partial charge in [0.05, 0.1) is 15.8 Å². The molecule has 0 radical (unpaired) electrons. The van der Waals surface area contributed by atoms with Crippen LogP contribution in [0.1, 0.15) is 17.5 Å². The van der Waals surface area contributed by atoms with Gasteiger partial charge >= 0.3 is 0 Å². The molecule has 0 saturated heterocycles. The number of phenolic OH excluding ortho intramolecular Hbond substituents is 1. The number of fused-ring (bicyclic) bond motifs is 2. The molecule has 0 bridgehead atoms. The van der Waals surface area contributed by atoms with E-state index >= 15 is 0 Å². The van der Waals surface area contributed by atoms with Crippen LogP contribution >= 0.6 is 11.3 Å². The van der Waals surface area contributed by atoms with E-state index in [1.54, 1.807) is 11.3 Å². The second-order valence-corrected chi connectivity index (χ2v) is 5.99. The molecule has 98 valence electrons. The van der Waals surface area contributed by atoms with Gasteiger partial charge in [0.2, 0.25) is 0 Å². The van der Waals surface area contributed by atoms with Gasteiger partial charge in [0.15, 0.2) is 0 Å². The van der Waals surface area contributed by atoms with Gasteiger partial charge < -0.3 is 5.11 Å². The number of aromatic hydroxyl groups is 1. The van der Waals surface area contributed by atoms with E-state index in [-0.39, 0.29) is 0 Å². The molecule has 0 atom stereocenters. The second-order valence-electron chi connectivity index (χ2n) is 4.96. The third-order valence-corrected chi connectivity index (χ3v) is 4.77. The zero-order valence-electron chi connectivity index (χ0n) is 10.8. The smallest absolute Gasteiger partial charge is 0.129 e. The van der Waals surface area contributed by atoms with Crippen LogP contribution in [0.25, 0.3) is 26.9 Å². The van der Waals surface area contributed by atoms with E-state index < -0.39 is 0 Å². The molecule has 3 aromatic rings. The van der Waals surface area contributed by atoms with E-state index in [9.17, 15) is 5.11 Å². The summed E-state index contributed by atoms with van der Waals surface area (Å²) in [7, 11) is 0. The highest BCUT2D eigenvalue weighted by atomic mass is 32.1. The molecule has 0 saturated carbocycles. The van der Waals surface area contributed by atoms with Crippen LogP contribution < -0.4 is 0 Å². The van der Waals surface area contributed by atoms with Gasteiger partial charge in [-0.05, 0) is 36.6 Å². The third-order valence-electron chi connectivity index (χ3n) is 3.70. The van der Waals surface area contributed by atoms with Crippen molar-refractivity contribution in [1.82, 2.24) is 4.98 Å². The summed E-state index contributed by atoms with van der Waals surface area (Å²) in [6.07, 6.45) is 6.13. The second kappa shape index (κ2) is 4.46. The molecule has 0 aliphatic heterocycles. The van der Waals surface area contributed by atoms with E-state index in [1.165, 1.54) is 0 Å². The van der Waals surface area contributed by atoms with Crippen LogP contribution in [-0.2, 0) is 6.42 Å². The van der Waals surface area contributed by atoms with Crippen LogP contribution in [0.15, 0.2) is 42.5 Å². The minimum absolute atomic E-state index is 0.394. The van der Waals surface area contributed by atoms with Crippen molar-refractivity contribution in [2.75, 3.05) is 0 Å². The molecule has 1 aliphatic rings. The summed E-state index contributed by atoms with van der Waals surface area (Å²) in [5, 5.41) is 11.4. The summed E-state index contributed by atoms with van der Waals surface area (Å²) in [4.78, 5) is 4.63. The third kappa shape index (κ3) is 1.74. The number of benzene rings is 2. The number of allylic oxidation sites excluding steroid dienone is 1. The van der Waals surface area contributed by atoms with Gasteiger partial charge in [-0.1, -0.05) is 30.4 Å². The molecule has 2 aromatic carbocycles. The first-order valence-electron chi connectivity index (χ1n) is 6.70. The first kappa shape index (κ1) is 11.7. The van der Waals surface area contributed by atoms with Gasteiger partial charge in [0, 0.05) is 5.56 Å². The van der Waals surface area contributed by atoms with Gasteiger partial charge in [-0.15, -0.1) is 11.3 Å². The van der Waals surface area contributed by atoms with Gasteiger partial charge in [-0.3, -0.25) is 0 Å². The highest BCUT2D eigenvalue weighted by Crippen LogP contribution is 2.39. The molecule has 1 aliphatic carbocycles. The largest absolute Gasteiger partial charge is 0.507 e. The molecule has 1 aromatic heterocycles. The predicted molar refractivity (Wildman–Crippen MR) is 84.1 cm³/mol. The molecule has 0 spiro atoms. The highest BCUT2D eigenvalue weighted by Gasteiger charge is 2.16. The summed E-state index contributed by atoms with van der Waals surface area (Å²) in [6, 6.07) is 12.1. The Labute approximate surface area is 121 Å². The minimum atomic E-state index is 0.394. The normalized spacial score (nSPS) is 13.6. The van der Waals surface area contributed by atoms with E-state index in [4.69, 9.17) is 0 Å². The van der Waals surface area contributed by atoms with Gasteiger partial charge in [0.25, 0.3) is 0 Å². The van der Waals surface area contributed by atoms with Crippen molar-refractivity contribution in [3.05, 3.63) is 53.6 Å². The Balaban J connectivity index is 1.92. The van der Waals surface area contributed by atoms with Crippen molar-refractivity contribution in [2.24, 2.45) is 0 Å². The molecular formula is C17H13NOS. The van der Waals surface area contributed by atoms with Gasteiger partial charge in [-0.2, -0.15) is 0 Å². The lowest BCUT2D eigenvalue weighted by molar-refractivity contribution is 0.469. The number of para-hydroxylation sites is 1. The molecule has 20 heavy (non-hydrogen) atoms. The van der Waals surface area contributed by atoms with E-state index in [0.29, 0.717) is 5.75 Å². The molecule has 2 nitrogen and oxygen atoms in total. The minimum Gasteiger partial charge on any atom is -0.507 e. The highest BCUT2D eigenvalue weighted by molar-refractivity contribution is 7.21. The van der Waals surface area contributed by atoms with E-state index in [2.05, 4.69) is 29.3 Å². The van der Waals surface area contributed by atoms with Crippen LogP contribution in [-0.4, -0.2) is 10.1 Å². The Morgan fingerprint density at radius 3 is 2.90 bits per heavy atom. The first-order chi connectivity index (χ1) is 9.83. The molecule has 4 rings (SSSR count). The van der Waals surface area contributed by atoms with Crippen molar-refractivity contribution < 1.29 is 5.11 Å². The van der Waals surface area contributed by atoms with E-state index in [1.807, 2.05) is 24.3 Å². The summed E-state index contributed by atoms with van der Waals surface area (Å²) in [5.74, 6) is 0.394. The van der Waals surface area contributed by atoms with Gasteiger partial charge in [-0.25, -0.2) is 4.98 Å². The van der Waals surface area contributed by atoms with Crippen LogP contribution in [0.2, 0.25) is 0 Å². The molecule has 0 amide bonds. The summed E-state index contributed by atoms with van der Waals surface area (Å²) in [6.45, 7) is 0. The summed E-state index contributed by atoms with van der Waals surface area (Å²) in [5.41, 5.74) is 4.01. The number of hydrogen-bond acceptors (Lipinski definition) is 3. The Bertz CT molecular complexity index is 799. The fourth-order valence-electron chi connectivity index (χ4n) is 2.67. The van der Waals surface area contributed by atoms with Crippen LogP contribution in [0.4, 0.5) is 0 Å². The standard InChI is InChI=1S/C17H13NOS/c19-16-12-6-2-1-5-11(12)9-10-13(16)17-18-14-7-3-4-8-15(14)20-17/h1,3-5,7-10,19H,2,6H2. The number of thiazole rings is 1. The monoisotopic (exact) mass is 279 g/mol. The Morgan fingerprint density at radius 1 is 1.10 bits per heavy atom. The number of rotatable bonds is 1. The molecular weight excluding hydrogens is 266 g/mol. The molecule has 0 fully saturated rings. The maximum Gasteiger partial charge on any atom is 0.129 e. The molecule has 1 N–H and O–H groups in total. The van der Waals surface area contributed by atoms with Crippen molar-refractivity contribution in [1.29, 1.82) is 0 Å². The SMILES string of the molecule is Oc1c(-c2nc3ccccc3s2)ccc2c1CCC=C2. The quantitative estimate of drug-likeness (QED) is 0.704. The zero-order chi connectivity index (χ0) is 13.5. The average molecular weight is 279 g/mol. The van der Waals surface area contributed by atoms with Crippen LogP contribution in [0, 0.1) is 0 Å². The van der Waals surface area contributed by atoms with Crippen LogP contribution in [0.3, 0.4) is 0 Å². The summed E-state index contributed by atoms with van der Waals surface area (Å²) < 4.78 is 1.15. The van der Waals surface area contributed by atoms with Crippen molar-refractivity contribution in [3.8, 4) is 16.3 Å². The average Bonchev–Trinajstić information content (AvgIpc) is 2.91. The maximum atomic E-state index is 10.5. The maximum absolute atomic E-state index is 10.5. The number of hydrogen-bond donors (Lipinski definition) is 1. The van der Waals surface area contributed by atoms with E-state index in [0.717, 1.165) is 44.8 Å². The Kier molecular flexibility index (Phi) is 2.60. The molecule has 0 unspecified atom stereocenters. The number of aromatic nitrogens is 1. The Hall–Kier alpha value is -2.13. The fraction of sp³-hybridized carbons (Fsp3) is 0.118. The lowest BCUT2D eigenvalue weighted by Gasteiger charge is -2.14. The number of nitrogens with zero attached hydrogens (tertiary/aromatic N) is 1. The first-order valence-corrected chi connectivity index (χ1v) is 7.52. The zero-order valence-corrected chi connectivity index (χ0v) is 11.7. The fourth-order valence-corrected chi connectivity index (χ4v) is 3.66. The molecule has 1 heterocycles. The predicted octanol–water partition coefficient (Wildman–Crippen LogP) is 4.63. The lowest BCUT2D eigenvalue weighted by atomic mass is 9.94. The topological polar surface area (TPSA) is 33.1 Å². The Morgan fingerprint density at radius 2 is 2.00 bits per heavy atom. The molecule has 3 heteroatoms. The lowest BCUT2D eigenvalue weighted by Crippen LogP contribution is -1.95.